The Labute approximate surface area is 217 Å². The molecule has 1 fully saturated rings. The number of carbonyl (C=O) groups excluding carboxylic acids is 1. The summed E-state index contributed by atoms with van der Waals surface area (Å²) >= 11 is 1.55. The first-order valence-electron chi connectivity index (χ1n) is 12.3. The lowest BCUT2D eigenvalue weighted by Crippen LogP contribution is -2.41. The molecule has 0 unspecified atom stereocenters. The monoisotopic (exact) mass is 540 g/mol. The fourth-order valence-corrected chi connectivity index (χ4v) is 5.34. The Balaban J connectivity index is 1.44. The predicted octanol–water partition coefficient (Wildman–Crippen LogP) is 4.22. The van der Waals surface area contributed by atoms with Crippen LogP contribution < -0.4 is 18.9 Å². The van der Waals surface area contributed by atoms with Crippen LogP contribution >= 0.6 is 11.3 Å². The van der Waals surface area contributed by atoms with Gasteiger partial charge in [-0.1, -0.05) is 18.6 Å². The summed E-state index contributed by atoms with van der Waals surface area (Å²) in [6, 6.07) is 9.58. The van der Waals surface area contributed by atoms with Gasteiger partial charge in [0.1, 0.15) is 18.1 Å². The van der Waals surface area contributed by atoms with Crippen LogP contribution in [0.15, 0.2) is 35.7 Å². The fourth-order valence-electron chi connectivity index (χ4n) is 3.91. The summed E-state index contributed by atoms with van der Waals surface area (Å²) in [6.07, 6.45) is 6.51. The number of aryl methyl sites for hydroxylation is 1. The molecule has 1 aromatic carbocycles. The molecule has 1 aliphatic rings. The molecule has 36 heavy (non-hydrogen) atoms. The molecule has 2 N–H and O–H groups in total. The lowest BCUT2D eigenvalue weighted by atomic mass is 9.97. The number of methoxy groups -OCH3 is 1. The average Bonchev–Trinajstić information content (AvgIpc) is 3.37. The smallest absolute Gasteiger partial charge is 0.421 e. The van der Waals surface area contributed by atoms with E-state index in [1.165, 1.54) is 19.3 Å². The molecule has 0 aliphatic heterocycles. The number of rotatable bonds is 15. The van der Waals surface area contributed by atoms with E-state index in [-0.39, 0.29) is 19.3 Å². The molecule has 1 heterocycles. The van der Waals surface area contributed by atoms with E-state index in [1.54, 1.807) is 18.4 Å². The third-order valence-corrected chi connectivity index (χ3v) is 7.68. The highest BCUT2D eigenvalue weighted by Gasteiger charge is 2.18. The number of nitrogens with one attached hydrogen (secondary N) is 2. The van der Waals surface area contributed by atoms with Crippen LogP contribution in [0.4, 0.5) is 4.79 Å². The van der Waals surface area contributed by atoms with Crippen molar-refractivity contribution < 1.29 is 32.2 Å². The number of hydrogen-bond acceptors (Lipinski definition) is 8. The third kappa shape index (κ3) is 10.3. The van der Waals surface area contributed by atoms with Crippen molar-refractivity contribution in [2.24, 2.45) is 0 Å². The van der Waals surface area contributed by atoms with Gasteiger partial charge in [-0.25, -0.2) is 9.52 Å². The van der Waals surface area contributed by atoms with Gasteiger partial charge in [0.15, 0.2) is 0 Å². The van der Waals surface area contributed by atoms with Crippen molar-refractivity contribution in [3.63, 3.8) is 0 Å². The second kappa shape index (κ2) is 15.0. The summed E-state index contributed by atoms with van der Waals surface area (Å²) in [5.74, 6) is 1.49. The predicted molar refractivity (Wildman–Crippen MR) is 139 cm³/mol. The molecule has 0 radical (unpaired) electrons. The number of hydrogen-bond donors (Lipinski definition) is 2. The first kappa shape index (κ1) is 28.2. The summed E-state index contributed by atoms with van der Waals surface area (Å²) in [6.45, 7) is 1.22. The van der Waals surface area contributed by atoms with E-state index >= 15 is 0 Å². The fraction of sp³-hybridized carbons (Fsp3) is 0.560. The van der Waals surface area contributed by atoms with E-state index in [4.69, 9.17) is 18.9 Å². The van der Waals surface area contributed by atoms with Gasteiger partial charge < -0.3 is 18.9 Å². The Morgan fingerprint density at radius 1 is 1.08 bits per heavy atom. The van der Waals surface area contributed by atoms with Gasteiger partial charge in [-0.05, 0) is 68.0 Å². The Bertz CT molecular complexity index is 1020. The van der Waals surface area contributed by atoms with Crippen LogP contribution in [0.1, 0.15) is 49.0 Å². The van der Waals surface area contributed by atoms with Gasteiger partial charge in [0.05, 0.1) is 19.3 Å². The lowest BCUT2D eigenvalue weighted by Gasteiger charge is -2.24. The summed E-state index contributed by atoms with van der Waals surface area (Å²) in [4.78, 5) is 13.0. The number of amides is 1. The largest absolute Gasteiger partial charge is 0.491 e. The number of carbonyl (C=O) groups is 1. The van der Waals surface area contributed by atoms with Gasteiger partial charge in [-0.2, -0.15) is 13.1 Å². The average molecular weight is 541 g/mol. The molecule has 1 aliphatic carbocycles. The molecule has 1 saturated carbocycles. The maximum atomic E-state index is 12.0. The third-order valence-electron chi connectivity index (χ3n) is 5.73. The Hall–Kier alpha value is -2.34. The summed E-state index contributed by atoms with van der Waals surface area (Å²) in [5.41, 5.74) is 0.992. The first-order chi connectivity index (χ1) is 17.4. The Morgan fingerprint density at radius 2 is 1.92 bits per heavy atom. The zero-order valence-corrected chi connectivity index (χ0v) is 22.3. The van der Waals surface area contributed by atoms with Crippen molar-refractivity contribution in [1.82, 2.24) is 9.44 Å². The van der Waals surface area contributed by atoms with Crippen LogP contribution in [0.5, 0.6) is 11.5 Å². The molecule has 0 bridgehead atoms. The van der Waals surface area contributed by atoms with E-state index in [1.807, 2.05) is 40.4 Å². The molecule has 3 rings (SSSR count). The second-order valence-corrected chi connectivity index (χ2v) is 11.1. The topological polar surface area (TPSA) is 112 Å². The van der Waals surface area contributed by atoms with Crippen LogP contribution in [0, 0.1) is 0 Å². The van der Waals surface area contributed by atoms with Crippen LogP contribution in [-0.4, -0.2) is 54.1 Å². The van der Waals surface area contributed by atoms with Gasteiger partial charge in [-0.3, -0.25) is 0 Å². The van der Waals surface area contributed by atoms with E-state index in [2.05, 4.69) is 4.72 Å². The quantitative estimate of drug-likeness (QED) is 0.325. The van der Waals surface area contributed by atoms with Crippen molar-refractivity contribution in [2.45, 2.75) is 57.5 Å². The molecule has 1 aromatic heterocycles. The molecule has 1 amide bonds. The Kier molecular flexibility index (Phi) is 11.8. The summed E-state index contributed by atoms with van der Waals surface area (Å²) < 4.78 is 50.5. The van der Waals surface area contributed by atoms with E-state index in [0.717, 1.165) is 29.0 Å². The first-order valence-corrected chi connectivity index (χ1v) is 14.7. The minimum Gasteiger partial charge on any atom is -0.491 e. The van der Waals surface area contributed by atoms with Crippen LogP contribution in [0.2, 0.25) is 0 Å². The van der Waals surface area contributed by atoms with Crippen LogP contribution in [-0.2, 0) is 32.5 Å². The molecule has 11 heteroatoms. The van der Waals surface area contributed by atoms with E-state index < -0.39 is 16.3 Å². The molecule has 200 valence electrons. The van der Waals surface area contributed by atoms with E-state index in [9.17, 15) is 13.2 Å². The molecule has 9 nitrogen and oxygen atoms in total. The number of ether oxygens (including phenoxy) is 4. The molecular formula is C25H36N2O7S2. The molecule has 0 spiro atoms. The number of benzene rings is 1. The minimum absolute atomic E-state index is 0.0749. The zero-order chi connectivity index (χ0) is 25.6. The number of thiophene rings is 1. The van der Waals surface area contributed by atoms with Crippen LogP contribution in [0.3, 0.4) is 0 Å². The second-order valence-electron chi connectivity index (χ2n) is 8.56. The highest BCUT2D eigenvalue weighted by Crippen LogP contribution is 2.30. The van der Waals surface area contributed by atoms with Crippen molar-refractivity contribution in [1.29, 1.82) is 0 Å². The zero-order valence-electron chi connectivity index (χ0n) is 20.7. The minimum atomic E-state index is -3.97. The van der Waals surface area contributed by atoms with Gasteiger partial charge in [0.2, 0.25) is 0 Å². The maximum absolute atomic E-state index is 12.0. The normalized spacial score (nSPS) is 14.4. The molecular weight excluding hydrogens is 504 g/mol. The molecule has 2 aromatic rings. The molecule has 0 atom stereocenters. The summed E-state index contributed by atoms with van der Waals surface area (Å²) in [7, 11) is -2.34. The summed E-state index contributed by atoms with van der Waals surface area (Å²) in [5, 5.41) is 1.93. The lowest BCUT2D eigenvalue weighted by molar-refractivity contribution is 0.142. The SMILES string of the molecule is COCCOc1ccc(CCCOC(=O)NS(=O)(=O)NCCc2cccs2)c(OC2CCCCC2)c1. The van der Waals surface area contributed by atoms with Crippen molar-refractivity contribution in [3.8, 4) is 11.5 Å². The van der Waals surface area contributed by atoms with Gasteiger partial charge in [0.25, 0.3) is 0 Å². The Morgan fingerprint density at radius 3 is 2.67 bits per heavy atom. The van der Waals surface area contributed by atoms with Crippen molar-refractivity contribution >= 4 is 27.6 Å². The molecule has 0 saturated heterocycles. The highest BCUT2D eigenvalue weighted by molar-refractivity contribution is 7.88. The standard InChI is InChI=1S/C25H36N2O7S2/c1-31-16-17-32-22-12-11-20(24(19-22)34-21-8-3-2-4-9-21)7-5-15-33-25(28)27-36(29,30)26-14-13-23-10-6-18-35-23/h6,10-12,18-19,21,26H,2-5,7-9,13-17H2,1H3,(H,27,28). The van der Waals surface area contributed by atoms with Crippen molar-refractivity contribution in [3.05, 3.63) is 46.2 Å². The van der Waals surface area contributed by atoms with Crippen LogP contribution in [0.25, 0.3) is 0 Å². The van der Waals surface area contributed by atoms with Crippen molar-refractivity contribution in [2.75, 3.05) is 33.5 Å². The highest BCUT2D eigenvalue weighted by atomic mass is 32.2. The van der Waals surface area contributed by atoms with E-state index in [0.29, 0.717) is 38.2 Å². The van der Waals surface area contributed by atoms with Gasteiger partial charge >= 0.3 is 16.3 Å². The maximum Gasteiger partial charge on any atom is 0.421 e. The van der Waals surface area contributed by atoms with Gasteiger partial charge in [0, 0.05) is 24.6 Å². The van der Waals surface area contributed by atoms with Gasteiger partial charge in [-0.15, -0.1) is 11.3 Å².